The van der Waals surface area contributed by atoms with Gasteiger partial charge in [-0.2, -0.15) is 10.5 Å². The number of nitriles is 2. The SMILES string of the molecule is CCCC=CCOc1ccc(C(=O)Nc2ccccc2Sc2ccccc2C#N)cc1.CCCCCCCOc1ccc(C(=O)Nc2ccccc2Sc2ccccc2C#N)cc1. The molecule has 6 rings (SSSR count). The van der Waals surface area contributed by atoms with E-state index in [1.807, 2.05) is 103 Å². The van der Waals surface area contributed by atoms with E-state index in [9.17, 15) is 20.1 Å². The largest absolute Gasteiger partial charge is 0.494 e. The molecule has 0 unspecified atom stereocenters. The molecule has 0 bridgehead atoms. The summed E-state index contributed by atoms with van der Waals surface area (Å²) in [5, 5.41) is 24.6. The third kappa shape index (κ3) is 15.6. The van der Waals surface area contributed by atoms with E-state index in [-0.39, 0.29) is 11.8 Å². The molecule has 0 atom stereocenters. The van der Waals surface area contributed by atoms with Crippen LogP contribution in [0.15, 0.2) is 177 Å². The van der Waals surface area contributed by atoms with Crippen molar-refractivity contribution >= 4 is 46.7 Å². The highest BCUT2D eigenvalue weighted by Gasteiger charge is 2.14. The number of allylic oxidation sites excluding steroid dienone is 1. The van der Waals surface area contributed by atoms with Crippen molar-refractivity contribution in [1.82, 2.24) is 0 Å². The molecular formula is C53H52N4O4S2. The summed E-state index contributed by atoms with van der Waals surface area (Å²) in [5.74, 6) is 1.12. The fraction of sp³-hybridized carbons (Fsp3) is 0.208. The summed E-state index contributed by atoms with van der Waals surface area (Å²) in [6.45, 7) is 5.56. The van der Waals surface area contributed by atoms with Crippen molar-refractivity contribution in [3.05, 3.63) is 180 Å². The summed E-state index contributed by atoms with van der Waals surface area (Å²) in [6.07, 6.45) is 12.3. The first-order valence-electron chi connectivity index (χ1n) is 21.2. The molecule has 2 amide bonds. The van der Waals surface area contributed by atoms with Crippen molar-refractivity contribution in [2.75, 3.05) is 23.8 Å². The van der Waals surface area contributed by atoms with Crippen molar-refractivity contribution in [2.24, 2.45) is 0 Å². The Labute approximate surface area is 380 Å². The Morgan fingerprint density at radius 1 is 0.524 bits per heavy atom. The Kier molecular flexibility index (Phi) is 20.0. The van der Waals surface area contributed by atoms with Gasteiger partial charge < -0.3 is 20.1 Å². The van der Waals surface area contributed by atoms with Crippen molar-refractivity contribution in [2.45, 2.75) is 78.4 Å². The molecule has 8 nitrogen and oxygen atoms in total. The van der Waals surface area contributed by atoms with Crippen LogP contribution < -0.4 is 20.1 Å². The van der Waals surface area contributed by atoms with E-state index in [2.05, 4.69) is 42.7 Å². The zero-order chi connectivity index (χ0) is 44.5. The first-order chi connectivity index (χ1) is 30.9. The summed E-state index contributed by atoms with van der Waals surface area (Å²) in [6, 6.07) is 48.8. The maximum atomic E-state index is 12.8. The quantitative estimate of drug-likeness (QED) is 0.0574. The van der Waals surface area contributed by atoms with Gasteiger partial charge in [-0.25, -0.2) is 0 Å². The van der Waals surface area contributed by atoms with Gasteiger partial charge in [-0.3, -0.25) is 9.59 Å². The van der Waals surface area contributed by atoms with E-state index >= 15 is 0 Å². The fourth-order valence-corrected chi connectivity index (χ4v) is 8.00. The van der Waals surface area contributed by atoms with Gasteiger partial charge in [0, 0.05) is 30.7 Å². The molecule has 0 aliphatic rings. The van der Waals surface area contributed by atoms with Gasteiger partial charge in [0.2, 0.25) is 0 Å². The summed E-state index contributed by atoms with van der Waals surface area (Å²) >= 11 is 2.92. The standard InChI is InChI=1S/C27H28N2O2S.C26H24N2O2S/c1-2-3-4-5-10-19-31-23-17-15-21(16-18-23)27(30)29-24-12-7-9-14-26(24)32-25-13-8-6-11-22(25)20-28;1-2-3-4-9-18-30-22-16-14-20(15-17-22)26(29)28-23-11-6-8-13-25(23)31-24-12-7-5-10-21(24)19-27/h6-9,11-18H,2-5,10,19H2,1H3,(H,29,30);4-17H,2-3,18H2,1H3,(H,28,29). The molecule has 0 spiro atoms. The fourth-order valence-electron chi connectivity index (χ4n) is 6.04. The minimum atomic E-state index is -0.198. The Balaban J connectivity index is 0.000000238. The maximum Gasteiger partial charge on any atom is 0.255 e. The van der Waals surface area contributed by atoms with Gasteiger partial charge in [-0.1, -0.05) is 130 Å². The average Bonchev–Trinajstić information content (AvgIpc) is 3.32. The highest BCUT2D eigenvalue weighted by Crippen LogP contribution is 2.36. The summed E-state index contributed by atoms with van der Waals surface area (Å²) < 4.78 is 11.4. The van der Waals surface area contributed by atoms with Gasteiger partial charge in [0.15, 0.2) is 0 Å². The maximum absolute atomic E-state index is 12.8. The second kappa shape index (κ2) is 26.6. The van der Waals surface area contributed by atoms with Crippen LogP contribution in [0.1, 0.15) is 90.6 Å². The van der Waals surface area contributed by atoms with Gasteiger partial charge in [-0.05, 0) is 110 Å². The van der Waals surface area contributed by atoms with Crippen LogP contribution in [0.25, 0.3) is 0 Å². The summed E-state index contributed by atoms with van der Waals surface area (Å²) in [5.41, 5.74) is 3.74. The van der Waals surface area contributed by atoms with E-state index < -0.39 is 0 Å². The number of unbranched alkanes of at least 4 members (excludes halogenated alkanes) is 5. The molecule has 320 valence electrons. The first-order valence-corrected chi connectivity index (χ1v) is 22.8. The van der Waals surface area contributed by atoms with Gasteiger partial charge in [0.1, 0.15) is 30.2 Å². The highest BCUT2D eigenvalue weighted by atomic mass is 32.2. The predicted octanol–water partition coefficient (Wildman–Crippen LogP) is 14.0. The number of para-hydroxylation sites is 2. The number of rotatable bonds is 20. The monoisotopic (exact) mass is 872 g/mol. The minimum Gasteiger partial charge on any atom is -0.494 e. The van der Waals surface area contributed by atoms with Crippen molar-refractivity contribution in [3.8, 4) is 23.6 Å². The first kappa shape index (κ1) is 47.3. The number of nitrogens with zero attached hydrogens (tertiary/aromatic N) is 2. The number of benzene rings is 6. The van der Waals surface area contributed by atoms with Crippen LogP contribution >= 0.6 is 23.5 Å². The van der Waals surface area contributed by atoms with Crippen molar-refractivity contribution in [1.29, 1.82) is 10.5 Å². The molecule has 0 saturated carbocycles. The number of nitrogens with one attached hydrogen (secondary N) is 2. The smallest absolute Gasteiger partial charge is 0.255 e. The van der Waals surface area contributed by atoms with Gasteiger partial charge in [0.25, 0.3) is 11.8 Å². The molecule has 2 N–H and O–H groups in total. The molecular weight excluding hydrogens is 821 g/mol. The number of carbonyl (C=O) groups excluding carboxylic acids is 2. The van der Waals surface area contributed by atoms with E-state index in [0.717, 1.165) is 50.3 Å². The number of ether oxygens (including phenoxy) is 2. The molecule has 63 heavy (non-hydrogen) atoms. The summed E-state index contributed by atoms with van der Waals surface area (Å²) in [4.78, 5) is 29.0. The second-order valence-electron chi connectivity index (χ2n) is 14.2. The number of hydrogen-bond donors (Lipinski definition) is 2. The van der Waals surface area contributed by atoms with Crippen molar-refractivity contribution < 1.29 is 19.1 Å². The lowest BCUT2D eigenvalue weighted by Gasteiger charge is -2.12. The van der Waals surface area contributed by atoms with Crippen molar-refractivity contribution in [3.63, 3.8) is 0 Å². The third-order valence-corrected chi connectivity index (χ3v) is 11.7. The normalized spacial score (nSPS) is 10.5. The molecule has 0 heterocycles. The van der Waals surface area contributed by atoms with Gasteiger partial charge in [0.05, 0.1) is 29.1 Å². The Morgan fingerprint density at radius 3 is 1.44 bits per heavy atom. The zero-order valence-corrected chi connectivity index (χ0v) is 37.4. The number of hydrogen-bond acceptors (Lipinski definition) is 8. The van der Waals surface area contributed by atoms with Crippen LogP contribution in [-0.2, 0) is 0 Å². The van der Waals surface area contributed by atoms with Gasteiger partial charge >= 0.3 is 0 Å². The number of anilines is 2. The summed E-state index contributed by atoms with van der Waals surface area (Å²) in [7, 11) is 0. The van der Waals surface area contributed by atoms with E-state index in [0.29, 0.717) is 46.8 Å². The van der Waals surface area contributed by atoms with E-state index in [1.165, 1.54) is 49.2 Å². The average molecular weight is 873 g/mol. The second-order valence-corrected chi connectivity index (χ2v) is 16.4. The molecule has 0 aliphatic carbocycles. The molecule has 0 radical (unpaired) electrons. The van der Waals surface area contributed by atoms with Crippen LogP contribution in [-0.4, -0.2) is 25.0 Å². The Bertz CT molecular complexity index is 2490. The molecule has 0 fully saturated rings. The highest BCUT2D eigenvalue weighted by molar-refractivity contribution is 7.99. The molecule has 10 heteroatoms. The number of carbonyl (C=O) groups is 2. The Morgan fingerprint density at radius 2 is 0.968 bits per heavy atom. The molecule has 6 aromatic rings. The van der Waals surface area contributed by atoms with Crippen LogP contribution in [0, 0.1) is 22.7 Å². The van der Waals surface area contributed by atoms with Crippen LogP contribution in [0.3, 0.4) is 0 Å². The van der Waals surface area contributed by atoms with Crippen LogP contribution in [0.2, 0.25) is 0 Å². The van der Waals surface area contributed by atoms with Gasteiger partial charge in [-0.15, -0.1) is 0 Å². The van der Waals surface area contributed by atoms with E-state index in [1.54, 1.807) is 48.5 Å². The lowest BCUT2D eigenvalue weighted by Crippen LogP contribution is -2.12. The van der Waals surface area contributed by atoms with Crippen LogP contribution in [0.5, 0.6) is 11.5 Å². The molecule has 0 aromatic heterocycles. The Hall–Kier alpha value is -6.72. The molecule has 0 aliphatic heterocycles. The zero-order valence-electron chi connectivity index (χ0n) is 35.7. The third-order valence-electron chi connectivity index (χ3n) is 9.44. The van der Waals surface area contributed by atoms with E-state index in [4.69, 9.17) is 9.47 Å². The van der Waals surface area contributed by atoms with Crippen LogP contribution in [0.4, 0.5) is 11.4 Å². The lowest BCUT2D eigenvalue weighted by atomic mass is 10.1. The topological polar surface area (TPSA) is 124 Å². The minimum absolute atomic E-state index is 0.183. The lowest BCUT2D eigenvalue weighted by molar-refractivity contribution is 0.101. The molecule has 0 saturated heterocycles. The predicted molar refractivity (Wildman–Crippen MR) is 256 cm³/mol. The number of amides is 2. The molecule has 6 aromatic carbocycles.